The van der Waals surface area contributed by atoms with Crippen LogP contribution in [0, 0.1) is 0 Å². The van der Waals surface area contributed by atoms with E-state index in [-0.39, 0.29) is 12.8 Å². The molecule has 6 atom stereocenters. The molecule has 0 amide bonds. The summed E-state index contributed by atoms with van der Waals surface area (Å²) in [6, 6.07) is 0. The summed E-state index contributed by atoms with van der Waals surface area (Å²) in [5.74, 6) is -1.11. The second-order valence-electron chi connectivity index (χ2n) is 17.3. The first-order chi connectivity index (χ1) is 30.4. The Morgan fingerprint density at radius 1 is 0.492 bits per heavy atom. The van der Waals surface area contributed by atoms with Crippen molar-refractivity contribution < 1.29 is 63.1 Å². The van der Waals surface area contributed by atoms with Crippen LogP contribution in [-0.4, -0.2) is 98.3 Å². The van der Waals surface area contributed by atoms with E-state index in [0.29, 0.717) is 12.8 Å². The summed E-state index contributed by atoms with van der Waals surface area (Å²) in [6.45, 7) is 3.27. The van der Waals surface area contributed by atoms with E-state index in [0.717, 1.165) is 77.0 Å². The maximum absolute atomic E-state index is 12.8. The molecule has 0 aromatic rings. The Kier molecular flexibility index (Phi) is 36.8. The maximum atomic E-state index is 12.8. The summed E-state index contributed by atoms with van der Waals surface area (Å²) in [5.41, 5.74) is 0. The summed E-state index contributed by atoms with van der Waals surface area (Å²) < 4.78 is 33.6. The van der Waals surface area contributed by atoms with E-state index < -0.39 is 75.7 Å². The number of aliphatic hydroxyl groups is 5. The molecule has 0 spiro atoms. The quantitative estimate of drug-likeness (QED) is 0.0146. The molecule has 368 valence electrons. The van der Waals surface area contributed by atoms with Gasteiger partial charge in [-0.2, -0.15) is 0 Å². The fraction of sp³-hybridized carbons (Fsp3) is 0.837. The van der Waals surface area contributed by atoms with E-state index in [1.807, 2.05) is 0 Å². The largest absolute Gasteiger partial charge is 0.472 e. The van der Waals surface area contributed by atoms with E-state index in [2.05, 4.69) is 50.3 Å². The van der Waals surface area contributed by atoms with Gasteiger partial charge in [-0.25, -0.2) is 4.57 Å². The minimum Gasteiger partial charge on any atom is -0.462 e. The number of hydrogen-bond acceptors (Lipinski definition) is 12. The van der Waals surface area contributed by atoms with E-state index in [4.69, 9.17) is 18.5 Å². The zero-order chi connectivity index (χ0) is 46.4. The van der Waals surface area contributed by atoms with Gasteiger partial charge >= 0.3 is 19.8 Å². The van der Waals surface area contributed by atoms with Crippen LogP contribution in [0.15, 0.2) is 36.5 Å². The minimum absolute atomic E-state index is 0.0907. The highest BCUT2D eigenvalue weighted by Gasteiger charge is 2.51. The van der Waals surface area contributed by atoms with Crippen LogP contribution in [0.25, 0.3) is 0 Å². The SMILES string of the molecule is CCCCC/C=C\C/C=C\CCCCCCCCCCCC(=O)OC(COC(=O)CCCCCCC/C=C\CCCCCCCC)COP(=O)(O)OC1C(O)C(O)C(O)C(O)C1O. The van der Waals surface area contributed by atoms with Crippen LogP contribution in [0.5, 0.6) is 0 Å². The van der Waals surface area contributed by atoms with E-state index in [9.17, 15) is 44.6 Å². The van der Waals surface area contributed by atoms with Crippen molar-refractivity contribution in [3.8, 4) is 0 Å². The Hall–Kier alpha value is -1.93. The Morgan fingerprint density at radius 3 is 1.33 bits per heavy atom. The highest BCUT2D eigenvalue weighted by Crippen LogP contribution is 2.47. The van der Waals surface area contributed by atoms with Gasteiger partial charge in [-0.15, -0.1) is 0 Å². The van der Waals surface area contributed by atoms with Gasteiger partial charge in [-0.05, 0) is 70.6 Å². The van der Waals surface area contributed by atoms with Crippen molar-refractivity contribution in [3.05, 3.63) is 36.5 Å². The second kappa shape index (κ2) is 39.3. The molecular weight excluding hydrogens is 828 g/mol. The summed E-state index contributed by atoms with van der Waals surface area (Å²) >= 11 is 0. The lowest BCUT2D eigenvalue weighted by Gasteiger charge is -2.41. The van der Waals surface area contributed by atoms with Gasteiger partial charge < -0.3 is 39.9 Å². The average molecular weight is 917 g/mol. The van der Waals surface area contributed by atoms with Gasteiger partial charge in [0.1, 0.15) is 43.2 Å². The van der Waals surface area contributed by atoms with Crippen molar-refractivity contribution in [3.63, 3.8) is 0 Å². The van der Waals surface area contributed by atoms with Crippen molar-refractivity contribution in [2.75, 3.05) is 13.2 Å². The Balaban J connectivity index is 2.43. The van der Waals surface area contributed by atoms with Crippen molar-refractivity contribution >= 4 is 19.8 Å². The maximum Gasteiger partial charge on any atom is 0.472 e. The number of carbonyl (C=O) groups excluding carboxylic acids is 2. The highest BCUT2D eigenvalue weighted by molar-refractivity contribution is 7.47. The molecule has 1 aliphatic rings. The van der Waals surface area contributed by atoms with Crippen molar-refractivity contribution in [2.45, 2.75) is 249 Å². The van der Waals surface area contributed by atoms with Crippen LogP contribution < -0.4 is 0 Å². The second-order valence-corrected chi connectivity index (χ2v) is 18.7. The first-order valence-electron chi connectivity index (χ1n) is 24.8. The molecule has 0 heterocycles. The molecule has 0 aromatic heterocycles. The predicted octanol–water partition coefficient (Wildman–Crippen LogP) is 10.2. The molecule has 6 unspecified atom stereocenters. The normalized spacial score (nSPS) is 22.0. The van der Waals surface area contributed by atoms with Gasteiger partial charge in [0.25, 0.3) is 0 Å². The first kappa shape index (κ1) is 59.1. The number of hydrogen-bond donors (Lipinski definition) is 6. The van der Waals surface area contributed by atoms with Crippen molar-refractivity contribution in [2.24, 2.45) is 0 Å². The van der Waals surface area contributed by atoms with Crippen molar-refractivity contribution in [1.82, 2.24) is 0 Å². The standard InChI is InChI=1S/C49H89O13P/c1-3-5-7-9-11-13-15-17-19-20-21-22-24-26-28-30-32-34-36-38-43(51)61-41(40-60-63(57,58)62-49-47(55)45(53)44(52)46(54)48(49)56)39-59-42(50)37-35-33-31-29-27-25-23-18-16-14-12-10-8-6-4-2/h11,13,17-19,23,41,44-49,52-56H,3-10,12,14-16,20-22,24-40H2,1-2H3,(H,57,58)/b13-11-,19-17-,23-18-. The zero-order valence-corrected chi connectivity index (χ0v) is 40.0. The molecule has 0 saturated heterocycles. The van der Waals surface area contributed by atoms with Gasteiger partial charge in [-0.3, -0.25) is 18.6 Å². The summed E-state index contributed by atoms with van der Waals surface area (Å²) in [6.07, 6.45) is 31.9. The lowest BCUT2D eigenvalue weighted by molar-refractivity contribution is -0.220. The average Bonchev–Trinajstić information content (AvgIpc) is 3.26. The van der Waals surface area contributed by atoms with Gasteiger partial charge in [-0.1, -0.05) is 159 Å². The molecule has 1 aliphatic carbocycles. The Labute approximate surface area is 380 Å². The Morgan fingerprint density at radius 2 is 0.857 bits per heavy atom. The van der Waals surface area contributed by atoms with E-state index in [1.54, 1.807) is 0 Å². The van der Waals surface area contributed by atoms with Gasteiger partial charge in [0.2, 0.25) is 0 Å². The first-order valence-corrected chi connectivity index (χ1v) is 26.3. The topological polar surface area (TPSA) is 210 Å². The van der Waals surface area contributed by atoms with Crippen LogP contribution in [0.3, 0.4) is 0 Å². The third kappa shape index (κ3) is 31.6. The number of aliphatic hydroxyl groups excluding tert-OH is 5. The molecule has 1 fully saturated rings. The number of phosphoric acid groups is 1. The third-order valence-electron chi connectivity index (χ3n) is 11.5. The number of carbonyl (C=O) groups is 2. The van der Waals surface area contributed by atoms with Gasteiger partial charge in [0.15, 0.2) is 6.10 Å². The minimum atomic E-state index is -5.12. The van der Waals surface area contributed by atoms with Crippen molar-refractivity contribution in [1.29, 1.82) is 0 Å². The van der Waals surface area contributed by atoms with Gasteiger partial charge in [0.05, 0.1) is 6.61 Å². The third-order valence-corrected chi connectivity index (χ3v) is 12.4. The number of allylic oxidation sites excluding steroid dienone is 6. The number of rotatable bonds is 41. The van der Waals surface area contributed by atoms with Gasteiger partial charge in [0, 0.05) is 12.8 Å². The summed E-state index contributed by atoms with van der Waals surface area (Å²) in [7, 11) is -5.12. The fourth-order valence-corrected chi connectivity index (χ4v) is 8.40. The lowest BCUT2D eigenvalue weighted by Crippen LogP contribution is -2.64. The molecule has 0 bridgehead atoms. The van der Waals surface area contributed by atoms with E-state index >= 15 is 0 Å². The molecule has 13 nitrogen and oxygen atoms in total. The van der Waals surface area contributed by atoms with Crippen LogP contribution in [0.4, 0.5) is 0 Å². The van der Waals surface area contributed by atoms with E-state index in [1.165, 1.54) is 89.9 Å². The molecule has 0 aromatic carbocycles. The Bertz CT molecular complexity index is 1240. The summed E-state index contributed by atoms with van der Waals surface area (Å²) in [5, 5.41) is 50.2. The molecule has 1 rings (SSSR count). The molecule has 63 heavy (non-hydrogen) atoms. The molecule has 0 aliphatic heterocycles. The monoisotopic (exact) mass is 917 g/mol. The number of phosphoric ester groups is 1. The lowest BCUT2D eigenvalue weighted by atomic mass is 9.85. The number of esters is 2. The number of unbranched alkanes of at least 4 members (excludes halogenated alkanes) is 23. The fourth-order valence-electron chi connectivity index (χ4n) is 7.43. The van der Waals surface area contributed by atoms with Crippen LogP contribution >= 0.6 is 7.82 Å². The van der Waals surface area contributed by atoms with Crippen LogP contribution in [0.1, 0.15) is 206 Å². The molecule has 0 radical (unpaired) electrons. The summed E-state index contributed by atoms with van der Waals surface area (Å²) in [4.78, 5) is 35.8. The zero-order valence-electron chi connectivity index (χ0n) is 39.1. The smallest absolute Gasteiger partial charge is 0.462 e. The van der Waals surface area contributed by atoms with Crippen LogP contribution in [0.2, 0.25) is 0 Å². The predicted molar refractivity (Wildman–Crippen MR) is 249 cm³/mol. The molecule has 6 N–H and O–H groups in total. The molecule has 1 saturated carbocycles. The molecule has 14 heteroatoms. The van der Waals surface area contributed by atoms with Crippen LogP contribution in [-0.2, 0) is 32.7 Å². The highest BCUT2D eigenvalue weighted by atomic mass is 31.2. The number of ether oxygens (including phenoxy) is 2. The molecular formula is C49H89O13P.